The molecule has 0 radical (unpaired) electrons. The van der Waals surface area contributed by atoms with Gasteiger partial charge in [0.2, 0.25) is 0 Å². The molecular formula is C12H17N. The Morgan fingerprint density at radius 3 is 2.38 bits per heavy atom. The summed E-state index contributed by atoms with van der Waals surface area (Å²) in [7, 11) is 0. The lowest BCUT2D eigenvalue weighted by Crippen LogP contribution is -2.24. The number of hydrogen-bond donors (Lipinski definition) is 1. The molecule has 0 bridgehead atoms. The molecule has 1 saturated carbocycles. The van der Waals surface area contributed by atoms with Gasteiger partial charge in [0.15, 0.2) is 0 Å². The minimum Gasteiger partial charge on any atom is -0.382 e. The molecule has 1 aromatic carbocycles. The van der Waals surface area contributed by atoms with E-state index in [1.807, 2.05) is 0 Å². The van der Waals surface area contributed by atoms with Crippen LogP contribution in [0.2, 0.25) is 0 Å². The van der Waals surface area contributed by atoms with Crippen LogP contribution in [0.5, 0.6) is 0 Å². The first-order chi connectivity index (χ1) is 6.21. The molecular weight excluding hydrogens is 158 g/mol. The first-order valence-electron chi connectivity index (χ1n) is 5.02. The van der Waals surface area contributed by atoms with Crippen LogP contribution in [0.15, 0.2) is 30.3 Å². The Hall–Kier alpha value is -0.980. The smallest absolute Gasteiger partial charge is 0.0342 e. The maximum atomic E-state index is 3.54. The molecule has 0 aliphatic heterocycles. The van der Waals surface area contributed by atoms with E-state index < -0.39 is 0 Å². The van der Waals surface area contributed by atoms with Gasteiger partial charge in [-0.2, -0.15) is 0 Å². The zero-order chi connectivity index (χ0) is 9.31. The molecule has 1 aliphatic carbocycles. The van der Waals surface area contributed by atoms with E-state index >= 15 is 0 Å². The summed E-state index contributed by atoms with van der Waals surface area (Å²) < 4.78 is 0. The Bertz CT molecular complexity index is 274. The summed E-state index contributed by atoms with van der Waals surface area (Å²) in [5.74, 6) is 0. The molecule has 1 nitrogen and oxygen atoms in total. The predicted octanol–water partition coefficient (Wildman–Crippen LogP) is 3.29. The quantitative estimate of drug-likeness (QED) is 0.743. The summed E-state index contributed by atoms with van der Waals surface area (Å²) in [6.07, 6.45) is 2.74. The molecule has 70 valence electrons. The molecule has 13 heavy (non-hydrogen) atoms. The van der Waals surface area contributed by atoms with E-state index in [1.165, 1.54) is 18.5 Å². The van der Waals surface area contributed by atoms with Crippen LogP contribution in [0.25, 0.3) is 0 Å². The minimum absolute atomic E-state index is 0.551. The second-order valence-electron chi connectivity index (χ2n) is 4.39. The van der Waals surface area contributed by atoms with Crippen LogP contribution in [0.4, 0.5) is 5.69 Å². The lowest BCUT2D eigenvalue weighted by molar-refractivity contribution is 0.493. The highest BCUT2D eigenvalue weighted by molar-refractivity contribution is 5.44. The van der Waals surface area contributed by atoms with Crippen molar-refractivity contribution in [2.24, 2.45) is 5.41 Å². The molecule has 1 aliphatic rings. The molecule has 1 atom stereocenters. The van der Waals surface area contributed by atoms with E-state index in [4.69, 9.17) is 0 Å². The Kier molecular flexibility index (Phi) is 2.03. The largest absolute Gasteiger partial charge is 0.382 e. The molecule has 0 aromatic heterocycles. The van der Waals surface area contributed by atoms with Gasteiger partial charge in [-0.3, -0.25) is 0 Å². The highest BCUT2D eigenvalue weighted by Crippen LogP contribution is 2.48. The summed E-state index contributed by atoms with van der Waals surface area (Å²) in [5, 5.41) is 3.54. The zero-order valence-electron chi connectivity index (χ0n) is 8.38. The van der Waals surface area contributed by atoms with Crippen molar-refractivity contribution in [1.29, 1.82) is 0 Å². The maximum Gasteiger partial charge on any atom is 0.0342 e. The fourth-order valence-electron chi connectivity index (χ4n) is 1.59. The molecule has 0 saturated heterocycles. The van der Waals surface area contributed by atoms with Crippen molar-refractivity contribution in [2.45, 2.75) is 32.7 Å². The van der Waals surface area contributed by atoms with Gasteiger partial charge in [0.05, 0.1) is 0 Å². The molecule has 0 amide bonds. The van der Waals surface area contributed by atoms with Crippen molar-refractivity contribution in [2.75, 3.05) is 5.32 Å². The minimum atomic E-state index is 0.551. The van der Waals surface area contributed by atoms with Crippen LogP contribution in [0.3, 0.4) is 0 Å². The lowest BCUT2D eigenvalue weighted by Gasteiger charge is -2.21. The van der Waals surface area contributed by atoms with Crippen molar-refractivity contribution in [1.82, 2.24) is 0 Å². The van der Waals surface area contributed by atoms with Crippen LogP contribution in [0, 0.1) is 5.41 Å². The van der Waals surface area contributed by atoms with E-state index in [-0.39, 0.29) is 0 Å². The normalized spacial score (nSPS) is 20.8. The van der Waals surface area contributed by atoms with E-state index in [2.05, 4.69) is 49.5 Å². The van der Waals surface area contributed by atoms with Gasteiger partial charge in [-0.25, -0.2) is 0 Å². The van der Waals surface area contributed by atoms with Crippen LogP contribution in [0.1, 0.15) is 26.7 Å². The molecule has 0 heterocycles. The van der Waals surface area contributed by atoms with Gasteiger partial charge in [0.1, 0.15) is 0 Å². The average Bonchev–Trinajstić information content (AvgIpc) is 2.87. The molecule has 1 unspecified atom stereocenters. The van der Waals surface area contributed by atoms with E-state index in [0.717, 1.165) is 0 Å². The molecule has 2 rings (SSSR count). The van der Waals surface area contributed by atoms with Crippen LogP contribution in [-0.2, 0) is 0 Å². The van der Waals surface area contributed by atoms with Gasteiger partial charge in [-0.1, -0.05) is 25.1 Å². The number of benzene rings is 1. The van der Waals surface area contributed by atoms with Crippen LogP contribution in [-0.4, -0.2) is 6.04 Å². The lowest BCUT2D eigenvalue weighted by atomic mass is 10.0. The topological polar surface area (TPSA) is 12.0 Å². The standard InChI is InChI=1S/C12H17N/c1-10(12(2)8-9-12)13-11-6-4-3-5-7-11/h3-7,10,13H,8-9H2,1-2H3. The summed E-state index contributed by atoms with van der Waals surface area (Å²) in [5.41, 5.74) is 1.79. The number of hydrogen-bond acceptors (Lipinski definition) is 1. The maximum absolute atomic E-state index is 3.54. The molecule has 1 fully saturated rings. The van der Waals surface area contributed by atoms with Crippen molar-refractivity contribution in [3.8, 4) is 0 Å². The molecule has 0 spiro atoms. The van der Waals surface area contributed by atoms with E-state index in [9.17, 15) is 0 Å². The molecule has 1 N–H and O–H groups in total. The zero-order valence-corrected chi connectivity index (χ0v) is 8.38. The molecule has 1 heteroatoms. The Balaban J connectivity index is 1.98. The number of anilines is 1. The highest BCUT2D eigenvalue weighted by atomic mass is 14.9. The third-order valence-corrected chi connectivity index (χ3v) is 3.24. The van der Waals surface area contributed by atoms with Gasteiger partial charge >= 0.3 is 0 Å². The first-order valence-corrected chi connectivity index (χ1v) is 5.02. The number of nitrogens with one attached hydrogen (secondary N) is 1. The monoisotopic (exact) mass is 175 g/mol. The second-order valence-corrected chi connectivity index (χ2v) is 4.39. The predicted molar refractivity (Wildman–Crippen MR) is 56.9 cm³/mol. The summed E-state index contributed by atoms with van der Waals surface area (Å²) in [4.78, 5) is 0. The Morgan fingerprint density at radius 1 is 1.23 bits per heavy atom. The van der Waals surface area contributed by atoms with Crippen LogP contribution >= 0.6 is 0 Å². The highest BCUT2D eigenvalue weighted by Gasteiger charge is 2.42. The van der Waals surface area contributed by atoms with Crippen molar-refractivity contribution in [3.05, 3.63) is 30.3 Å². The van der Waals surface area contributed by atoms with Crippen LogP contribution < -0.4 is 5.32 Å². The van der Waals surface area contributed by atoms with Gasteiger partial charge in [0, 0.05) is 11.7 Å². The Labute approximate surface area is 80.2 Å². The van der Waals surface area contributed by atoms with Gasteiger partial charge in [-0.15, -0.1) is 0 Å². The summed E-state index contributed by atoms with van der Waals surface area (Å²) in [6, 6.07) is 11.0. The van der Waals surface area contributed by atoms with Crippen molar-refractivity contribution in [3.63, 3.8) is 0 Å². The molecule has 1 aromatic rings. The van der Waals surface area contributed by atoms with Crippen molar-refractivity contribution >= 4 is 5.69 Å². The van der Waals surface area contributed by atoms with E-state index in [0.29, 0.717) is 11.5 Å². The van der Waals surface area contributed by atoms with Gasteiger partial charge in [-0.05, 0) is 37.3 Å². The van der Waals surface area contributed by atoms with E-state index in [1.54, 1.807) is 0 Å². The Morgan fingerprint density at radius 2 is 1.85 bits per heavy atom. The fraction of sp³-hybridized carbons (Fsp3) is 0.500. The number of rotatable bonds is 3. The second kappa shape index (κ2) is 3.06. The average molecular weight is 175 g/mol. The summed E-state index contributed by atoms with van der Waals surface area (Å²) >= 11 is 0. The van der Waals surface area contributed by atoms with Gasteiger partial charge < -0.3 is 5.32 Å². The third kappa shape index (κ3) is 1.85. The van der Waals surface area contributed by atoms with Crippen molar-refractivity contribution < 1.29 is 0 Å². The number of para-hydroxylation sites is 1. The summed E-state index contributed by atoms with van der Waals surface area (Å²) in [6.45, 7) is 4.63. The fourth-order valence-corrected chi connectivity index (χ4v) is 1.59. The SMILES string of the molecule is CC(Nc1ccccc1)C1(C)CC1. The first kappa shape index (κ1) is 8.61. The van der Waals surface area contributed by atoms with Gasteiger partial charge in [0.25, 0.3) is 0 Å². The third-order valence-electron chi connectivity index (χ3n) is 3.24.